The van der Waals surface area contributed by atoms with Gasteiger partial charge in [0, 0.05) is 7.11 Å². The summed E-state index contributed by atoms with van der Waals surface area (Å²) in [7, 11) is -2.51. The molecular weight excluding hydrogens is 172 g/mol. The molecule has 0 rings (SSSR count). The average molecular weight is 188 g/mol. The van der Waals surface area contributed by atoms with E-state index in [9.17, 15) is 4.79 Å². The third-order valence-electron chi connectivity index (χ3n) is 0.672. The second-order valence-corrected chi connectivity index (χ2v) is 3.43. The first-order valence-electron chi connectivity index (χ1n) is 3.94. The zero-order valence-corrected chi connectivity index (χ0v) is 6.86. The highest BCUT2D eigenvalue weighted by atomic mass is 28.4. The SMILES string of the molecule is [3H]O[Si](COC(=O)COC)(O[3H])O[3H]. The number of carbonyl (C=O) groups is 1. The molecule has 0 aliphatic carbocycles. The summed E-state index contributed by atoms with van der Waals surface area (Å²) in [6, 6.07) is 0. The highest BCUT2D eigenvalue weighted by Gasteiger charge is 2.29. The number of rotatable bonds is 7. The molecule has 7 heteroatoms. The second-order valence-electron chi connectivity index (χ2n) is 1.78. The molecule has 66 valence electrons. The number of methoxy groups -OCH3 is 1. The minimum Gasteiger partial charge on any atom is -0.459 e. The lowest BCUT2D eigenvalue weighted by atomic mass is 10.7. The molecule has 0 spiro atoms. The lowest BCUT2D eigenvalue weighted by Gasteiger charge is -2.08. The van der Waals surface area contributed by atoms with Crippen LogP contribution in [0, 0.1) is 0 Å². The van der Waals surface area contributed by atoms with Crippen LogP contribution in [0.2, 0.25) is 0 Å². The van der Waals surface area contributed by atoms with E-state index in [1.807, 2.05) is 0 Å². The first-order chi connectivity index (χ1) is 6.64. The van der Waals surface area contributed by atoms with Gasteiger partial charge in [0.1, 0.15) is 6.61 Å². The van der Waals surface area contributed by atoms with Gasteiger partial charge in [0.15, 0.2) is 10.5 Å². The molecule has 11 heavy (non-hydrogen) atoms. The standard InChI is InChI=1S/C4H10O6Si/c1-9-2-4(5)10-3-11(6,7)8/h6-8H,2-3H2,1H3/i6T,7T,8T. The Bertz CT molecular complexity index is 168. The highest BCUT2D eigenvalue weighted by Crippen LogP contribution is 1.88. The molecule has 0 amide bonds. The molecule has 0 bridgehead atoms. The molecule has 0 aliphatic heterocycles. The zero-order valence-electron chi connectivity index (χ0n) is 8.86. The Morgan fingerprint density at radius 1 is 1.64 bits per heavy atom. The molecule has 0 saturated carbocycles. The molecule has 0 unspecified atom stereocenters. The molecule has 0 atom stereocenters. The lowest BCUT2D eigenvalue weighted by molar-refractivity contribution is -0.147. The van der Waals surface area contributed by atoms with Crippen LogP contribution < -0.4 is 0 Å². The molecular formula is C4H10O6Si. The summed E-state index contributed by atoms with van der Waals surface area (Å²) in [4.78, 5) is 22.5. The third-order valence-corrected chi connectivity index (χ3v) is 1.17. The van der Waals surface area contributed by atoms with Gasteiger partial charge in [-0.1, -0.05) is 0 Å². The van der Waals surface area contributed by atoms with Crippen LogP contribution in [0.5, 0.6) is 0 Å². The Hall–Kier alpha value is -0.473. The predicted molar refractivity (Wildman–Crippen MR) is 35.2 cm³/mol. The Balaban J connectivity index is 3.99. The molecule has 6 nitrogen and oxygen atoms in total. The van der Waals surface area contributed by atoms with Crippen LogP contribution >= 0.6 is 0 Å². The van der Waals surface area contributed by atoms with Crippen LogP contribution in [-0.4, -0.2) is 53.4 Å². The first-order valence-corrected chi connectivity index (χ1v) is 4.65. The van der Waals surface area contributed by atoms with Crippen molar-refractivity contribution in [2.24, 2.45) is 0 Å². The molecule has 0 aliphatic rings. The van der Waals surface area contributed by atoms with Crippen molar-refractivity contribution in [2.75, 3.05) is 19.9 Å². The molecule has 0 aromatic heterocycles. The summed E-state index contributed by atoms with van der Waals surface area (Å²) in [5.74, 6) is -0.726. The smallest absolute Gasteiger partial charge is 0.459 e. The lowest BCUT2D eigenvalue weighted by Crippen LogP contribution is -2.42. The Kier molecular flexibility index (Phi) is 2.44. The van der Waals surface area contributed by atoms with E-state index in [0.29, 0.717) is 0 Å². The van der Waals surface area contributed by atoms with Crippen molar-refractivity contribution in [3.63, 3.8) is 0 Å². The van der Waals surface area contributed by atoms with E-state index in [0.717, 1.165) is 0 Å². The van der Waals surface area contributed by atoms with E-state index >= 15 is 0 Å². The predicted octanol–water partition coefficient (Wildman–Crippen LogP) is -2.37. The molecule has 0 aromatic rings. The van der Waals surface area contributed by atoms with E-state index in [-0.39, 0.29) is 6.61 Å². The number of esters is 1. The zero-order chi connectivity index (χ0) is 11.0. The quantitative estimate of drug-likeness (QED) is 0.305. The largest absolute Gasteiger partial charge is 0.532 e. The van der Waals surface area contributed by atoms with Gasteiger partial charge < -0.3 is 23.9 Å². The van der Waals surface area contributed by atoms with Gasteiger partial charge in [-0.15, -0.1) is 0 Å². The van der Waals surface area contributed by atoms with Crippen LogP contribution in [-0.2, 0) is 14.3 Å². The highest BCUT2D eigenvalue weighted by molar-refractivity contribution is 6.56. The van der Waals surface area contributed by atoms with Crippen molar-refractivity contribution in [2.45, 2.75) is 0 Å². The average Bonchev–Trinajstić information content (AvgIpc) is 2.21. The number of ether oxygens (including phenoxy) is 2. The fourth-order valence-corrected chi connectivity index (χ4v) is 0.666. The number of carbonyl (C=O) groups excluding carboxylic acids is 1. The van der Waals surface area contributed by atoms with Gasteiger partial charge in [0.05, 0.1) is 0 Å². The van der Waals surface area contributed by atoms with Gasteiger partial charge in [0.25, 0.3) is 0 Å². The Labute approximate surface area is 68.8 Å². The summed E-state index contributed by atoms with van der Waals surface area (Å²) in [6.45, 7) is -0.279. The summed E-state index contributed by atoms with van der Waals surface area (Å²) >= 11 is 0. The maximum atomic E-state index is 10.8. The second kappa shape index (κ2) is 4.41. The van der Waals surface area contributed by atoms with Crippen LogP contribution in [0.3, 0.4) is 0 Å². The van der Waals surface area contributed by atoms with E-state index in [1.54, 1.807) is 0 Å². The van der Waals surface area contributed by atoms with Crippen molar-refractivity contribution in [1.82, 2.24) is 0 Å². The Morgan fingerprint density at radius 3 is 2.73 bits per heavy atom. The van der Waals surface area contributed by atoms with E-state index in [4.69, 9.17) is 4.29 Å². The maximum absolute atomic E-state index is 10.8. The van der Waals surface area contributed by atoms with Gasteiger partial charge in [-0.3, -0.25) is 0 Å². The minimum absolute atomic E-state index is 0.279. The van der Waals surface area contributed by atoms with Crippen LogP contribution in [0.25, 0.3) is 0 Å². The fraction of sp³-hybridized carbons (Fsp3) is 0.750. The first kappa shape index (κ1) is 6.09. The summed E-state index contributed by atoms with van der Waals surface area (Å²) in [5, 5.41) is 0. The molecule has 3 N–H and O–H groups in total. The van der Waals surface area contributed by atoms with E-state index in [2.05, 4.69) is 23.9 Å². The van der Waals surface area contributed by atoms with Crippen LogP contribution in [0.4, 0.5) is 0 Å². The maximum Gasteiger partial charge on any atom is 0.532 e. The van der Waals surface area contributed by atoms with Crippen LogP contribution in [0.1, 0.15) is 0 Å². The normalized spacial score (nSPS) is 14.8. The van der Waals surface area contributed by atoms with Gasteiger partial charge in [-0.05, 0) is 0 Å². The number of hydrogen-bond donors (Lipinski definition) is 3. The molecule has 0 fully saturated rings. The van der Waals surface area contributed by atoms with Gasteiger partial charge in [-0.2, -0.15) is 0 Å². The van der Waals surface area contributed by atoms with E-state index in [1.165, 1.54) is 7.11 Å². The molecule has 0 heterocycles. The van der Waals surface area contributed by atoms with Crippen molar-refractivity contribution in [1.29, 1.82) is 4.29 Å². The van der Waals surface area contributed by atoms with E-state index < -0.39 is 21.0 Å². The minimum atomic E-state index is -3.81. The Morgan fingerprint density at radius 2 is 2.27 bits per heavy atom. The van der Waals surface area contributed by atoms with Crippen molar-refractivity contribution in [3.8, 4) is 0 Å². The van der Waals surface area contributed by atoms with Crippen molar-refractivity contribution in [3.05, 3.63) is 0 Å². The molecule has 0 saturated heterocycles. The van der Waals surface area contributed by atoms with Gasteiger partial charge in [-0.25, -0.2) is 4.79 Å². The van der Waals surface area contributed by atoms with Crippen molar-refractivity contribution >= 4 is 14.8 Å². The fourth-order valence-electron chi connectivity index (χ4n) is 0.328. The molecule has 0 aromatic carbocycles. The monoisotopic (exact) mass is 188 g/mol. The summed E-state index contributed by atoms with van der Waals surface area (Å²) in [5.41, 5.74) is 0. The summed E-state index contributed by atoms with van der Waals surface area (Å²) in [6.07, 6.45) is -0.578. The number of hydrogen-bond acceptors (Lipinski definition) is 6. The third kappa shape index (κ3) is 7.42. The van der Waals surface area contributed by atoms with Gasteiger partial charge >= 0.3 is 14.8 Å². The van der Waals surface area contributed by atoms with Gasteiger partial charge in [0.2, 0.25) is 0 Å². The molecule has 0 radical (unpaired) electrons. The topological polar surface area (TPSA) is 96.2 Å². The van der Waals surface area contributed by atoms with Crippen molar-refractivity contribution < 1.29 is 28.7 Å². The van der Waals surface area contributed by atoms with Crippen LogP contribution in [0.15, 0.2) is 0 Å². The summed E-state index contributed by atoms with van der Waals surface area (Å²) < 4.78 is 28.4.